The molecule has 0 aliphatic heterocycles. The van der Waals surface area contributed by atoms with Gasteiger partial charge >= 0.3 is 5.97 Å². The number of benzene rings is 1. The van der Waals surface area contributed by atoms with Gasteiger partial charge in [0.25, 0.3) is 0 Å². The van der Waals surface area contributed by atoms with E-state index in [9.17, 15) is 9.59 Å². The Morgan fingerprint density at radius 1 is 1.08 bits per heavy atom. The van der Waals surface area contributed by atoms with Gasteiger partial charge in [-0.1, -0.05) is 0 Å². The highest BCUT2D eigenvalue weighted by atomic mass is 16.5. The van der Waals surface area contributed by atoms with Crippen LogP contribution in [-0.2, 0) is 16.1 Å². The molecule has 1 aromatic carbocycles. The highest BCUT2D eigenvalue weighted by molar-refractivity contribution is 5.93. The van der Waals surface area contributed by atoms with Gasteiger partial charge in [0.05, 0.1) is 12.2 Å². The van der Waals surface area contributed by atoms with Gasteiger partial charge in [0, 0.05) is 37.6 Å². The Kier molecular flexibility index (Phi) is 6.91. The van der Waals surface area contributed by atoms with Gasteiger partial charge in [-0.15, -0.1) is 0 Å². The first kappa shape index (κ1) is 17.6. The van der Waals surface area contributed by atoms with Crippen molar-refractivity contribution >= 4 is 17.6 Å². The summed E-state index contributed by atoms with van der Waals surface area (Å²) in [5.41, 5.74) is 2.25. The molecule has 0 unspecified atom stereocenters. The molecule has 0 fully saturated rings. The molecule has 2 aromatic rings. The minimum Gasteiger partial charge on any atom is -0.462 e. The van der Waals surface area contributed by atoms with E-state index in [-0.39, 0.29) is 11.9 Å². The molecule has 1 amide bonds. The second-order valence-corrected chi connectivity index (χ2v) is 5.13. The monoisotopic (exact) mass is 327 g/mol. The van der Waals surface area contributed by atoms with Crippen molar-refractivity contribution < 1.29 is 14.3 Å². The summed E-state index contributed by atoms with van der Waals surface area (Å²) in [6, 6.07) is 10.5. The Balaban J connectivity index is 1.71. The molecular weight excluding hydrogens is 306 g/mol. The lowest BCUT2D eigenvalue weighted by atomic mass is 10.2. The van der Waals surface area contributed by atoms with E-state index in [0.717, 1.165) is 5.56 Å². The van der Waals surface area contributed by atoms with Gasteiger partial charge < -0.3 is 15.4 Å². The van der Waals surface area contributed by atoms with Crippen molar-refractivity contribution in [1.29, 1.82) is 0 Å². The van der Waals surface area contributed by atoms with Crippen LogP contribution in [0.4, 0.5) is 5.69 Å². The van der Waals surface area contributed by atoms with Crippen LogP contribution in [0.1, 0.15) is 29.3 Å². The smallest absolute Gasteiger partial charge is 0.338 e. The number of hydrogen-bond acceptors (Lipinski definition) is 5. The van der Waals surface area contributed by atoms with Crippen LogP contribution in [0, 0.1) is 0 Å². The van der Waals surface area contributed by atoms with E-state index in [1.165, 1.54) is 0 Å². The number of anilines is 1. The average molecular weight is 327 g/mol. The maximum absolute atomic E-state index is 11.9. The summed E-state index contributed by atoms with van der Waals surface area (Å²) in [6.07, 6.45) is 3.85. The number of amides is 1. The van der Waals surface area contributed by atoms with Gasteiger partial charge in [-0.25, -0.2) is 4.79 Å². The maximum Gasteiger partial charge on any atom is 0.338 e. The molecule has 2 rings (SSSR count). The molecular formula is C18H21N3O3. The topological polar surface area (TPSA) is 80.3 Å². The van der Waals surface area contributed by atoms with Gasteiger partial charge in [-0.2, -0.15) is 0 Å². The summed E-state index contributed by atoms with van der Waals surface area (Å²) < 4.78 is 4.91. The van der Waals surface area contributed by atoms with Crippen LogP contribution >= 0.6 is 0 Å². The molecule has 0 saturated heterocycles. The fraction of sp³-hybridized carbons (Fsp3) is 0.278. The standard InChI is InChI=1S/C18H21N3O3/c1-2-24-18(23)15-3-5-16(6-4-15)21-17(22)9-12-20-13-14-7-10-19-11-8-14/h3-8,10-11,20H,2,9,12-13H2,1H3,(H,21,22). The summed E-state index contributed by atoms with van der Waals surface area (Å²) in [5.74, 6) is -0.447. The van der Waals surface area contributed by atoms with E-state index in [1.54, 1.807) is 43.6 Å². The van der Waals surface area contributed by atoms with Crippen molar-refractivity contribution in [2.24, 2.45) is 0 Å². The van der Waals surface area contributed by atoms with Crippen LogP contribution in [-0.4, -0.2) is 30.0 Å². The fourth-order valence-electron chi connectivity index (χ4n) is 2.06. The van der Waals surface area contributed by atoms with E-state index in [2.05, 4.69) is 15.6 Å². The van der Waals surface area contributed by atoms with Crippen LogP contribution in [0.2, 0.25) is 0 Å². The van der Waals surface area contributed by atoms with E-state index in [4.69, 9.17) is 4.74 Å². The maximum atomic E-state index is 11.9. The molecule has 0 radical (unpaired) electrons. The molecule has 0 aliphatic rings. The molecule has 1 heterocycles. The van der Waals surface area contributed by atoms with Crippen molar-refractivity contribution in [3.8, 4) is 0 Å². The van der Waals surface area contributed by atoms with Crippen LogP contribution in [0.5, 0.6) is 0 Å². The molecule has 2 N–H and O–H groups in total. The third-order valence-electron chi connectivity index (χ3n) is 3.29. The molecule has 0 bridgehead atoms. The van der Waals surface area contributed by atoms with Gasteiger partial charge in [0.2, 0.25) is 5.91 Å². The van der Waals surface area contributed by atoms with E-state index < -0.39 is 0 Å². The third-order valence-corrected chi connectivity index (χ3v) is 3.29. The lowest BCUT2D eigenvalue weighted by Crippen LogP contribution is -2.21. The molecule has 24 heavy (non-hydrogen) atoms. The van der Waals surface area contributed by atoms with Gasteiger partial charge in [-0.05, 0) is 48.9 Å². The molecule has 0 spiro atoms. The summed E-state index contributed by atoms with van der Waals surface area (Å²) >= 11 is 0. The fourth-order valence-corrected chi connectivity index (χ4v) is 2.06. The molecule has 6 heteroatoms. The number of aromatic nitrogens is 1. The van der Waals surface area contributed by atoms with Crippen LogP contribution in [0.15, 0.2) is 48.8 Å². The second kappa shape index (κ2) is 9.42. The van der Waals surface area contributed by atoms with E-state index >= 15 is 0 Å². The number of ether oxygens (including phenoxy) is 1. The van der Waals surface area contributed by atoms with Crippen molar-refractivity contribution in [2.45, 2.75) is 19.9 Å². The summed E-state index contributed by atoms with van der Waals surface area (Å²) in [7, 11) is 0. The Bertz CT molecular complexity index is 657. The molecule has 0 aliphatic carbocycles. The van der Waals surface area contributed by atoms with Gasteiger partial charge in [0.1, 0.15) is 0 Å². The molecule has 0 atom stereocenters. The molecule has 6 nitrogen and oxygen atoms in total. The van der Waals surface area contributed by atoms with Crippen molar-refractivity contribution in [2.75, 3.05) is 18.5 Å². The molecule has 126 valence electrons. The number of nitrogens with one attached hydrogen (secondary N) is 2. The van der Waals surface area contributed by atoms with Gasteiger partial charge in [0.15, 0.2) is 0 Å². The van der Waals surface area contributed by atoms with Crippen molar-refractivity contribution in [1.82, 2.24) is 10.3 Å². The van der Waals surface area contributed by atoms with Crippen molar-refractivity contribution in [3.63, 3.8) is 0 Å². The summed E-state index contributed by atoms with van der Waals surface area (Å²) in [4.78, 5) is 27.4. The Labute approximate surface area is 141 Å². The zero-order chi connectivity index (χ0) is 17.2. The third kappa shape index (κ3) is 5.81. The first-order valence-electron chi connectivity index (χ1n) is 7.85. The normalized spacial score (nSPS) is 10.2. The van der Waals surface area contributed by atoms with Crippen LogP contribution in [0.3, 0.4) is 0 Å². The van der Waals surface area contributed by atoms with E-state index in [1.807, 2.05) is 12.1 Å². The number of hydrogen-bond donors (Lipinski definition) is 2. The molecule has 0 saturated carbocycles. The predicted molar refractivity (Wildman–Crippen MR) is 91.6 cm³/mol. The first-order chi connectivity index (χ1) is 11.7. The highest BCUT2D eigenvalue weighted by Crippen LogP contribution is 2.11. The average Bonchev–Trinajstić information content (AvgIpc) is 2.60. The van der Waals surface area contributed by atoms with E-state index in [0.29, 0.717) is 37.4 Å². The Morgan fingerprint density at radius 2 is 1.79 bits per heavy atom. The minimum atomic E-state index is -0.365. The lowest BCUT2D eigenvalue weighted by Gasteiger charge is -2.07. The lowest BCUT2D eigenvalue weighted by molar-refractivity contribution is -0.116. The summed E-state index contributed by atoms with van der Waals surface area (Å²) in [6.45, 7) is 3.37. The zero-order valence-corrected chi connectivity index (χ0v) is 13.6. The van der Waals surface area contributed by atoms with Crippen LogP contribution < -0.4 is 10.6 Å². The number of carbonyl (C=O) groups is 2. The number of pyridine rings is 1. The Hall–Kier alpha value is -2.73. The number of carbonyl (C=O) groups excluding carboxylic acids is 2. The van der Waals surface area contributed by atoms with Crippen molar-refractivity contribution in [3.05, 3.63) is 59.9 Å². The SMILES string of the molecule is CCOC(=O)c1ccc(NC(=O)CCNCc2ccncc2)cc1. The summed E-state index contributed by atoms with van der Waals surface area (Å²) in [5, 5.41) is 6.00. The zero-order valence-electron chi connectivity index (χ0n) is 13.6. The number of rotatable bonds is 8. The molecule has 1 aromatic heterocycles. The largest absolute Gasteiger partial charge is 0.462 e. The predicted octanol–water partition coefficient (Wildman–Crippen LogP) is 2.38. The Morgan fingerprint density at radius 3 is 2.46 bits per heavy atom. The highest BCUT2D eigenvalue weighted by Gasteiger charge is 2.07. The second-order valence-electron chi connectivity index (χ2n) is 5.13. The quantitative estimate of drug-likeness (QED) is 0.575. The minimum absolute atomic E-state index is 0.0823. The first-order valence-corrected chi connectivity index (χ1v) is 7.85. The number of esters is 1. The number of nitrogens with zero attached hydrogens (tertiary/aromatic N) is 1. The van der Waals surface area contributed by atoms with Crippen LogP contribution in [0.25, 0.3) is 0 Å². The van der Waals surface area contributed by atoms with Gasteiger partial charge in [-0.3, -0.25) is 9.78 Å².